The third-order valence-electron chi connectivity index (χ3n) is 3.94. The summed E-state index contributed by atoms with van der Waals surface area (Å²) in [5, 5.41) is 3.52. The van der Waals surface area contributed by atoms with Crippen molar-refractivity contribution in [3.63, 3.8) is 0 Å². The maximum absolute atomic E-state index is 12.4. The largest absolute Gasteiger partial charge is 0.494 e. The molecular weight excluding hydrogens is 324 g/mol. The molecule has 0 bridgehead atoms. The molecule has 0 aromatic heterocycles. The summed E-state index contributed by atoms with van der Waals surface area (Å²) in [6.45, 7) is 5.30. The zero-order valence-electron chi connectivity index (χ0n) is 14.3. The fraction of sp³-hybridized carbons (Fsp3) is 0.316. The number of benzene rings is 2. The third kappa shape index (κ3) is 5.25. The lowest BCUT2D eigenvalue weighted by molar-refractivity contribution is -0.907. The van der Waals surface area contributed by atoms with Gasteiger partial charge >= 0.3 is 0 Å². The second-order valence-electron chi connectivity index (χ2n) is 5.82. The molecule has 4 nitrogen and oxygen atoms in total. The minimum Gasteiger partial charge on any atom is -0.494 e. The summed E-state index contributed by atoms with van der Waals surface area (Å²) in [6.07, 6.45) is 0. The van der Waals surface area contributed by atoms with Crippen molar-refractivity contribution >= 4 is 23.2 Å². The number of anilines is 1. The Morgan fingerprint density at radius 3 is 2.58 bits per heavy atom. The van der Waals surface area contributed by atoms with Gasteiger partial charge < -0.3 is 15.0 Å². The Labute approximate surface area is 148 Å². The zero-order valence-corrected chi connectivity index (χ0v) is 15.1. The molecule has 0 aliphatic heterocycles. The summed E-state index contributed by atoms with van der Waals surface area (Å²) in [7, 11) is 2.01. The van der Waals surface area contributed by atoms with Gasteiger partial charge in [-0.1, -0.05) is 17.7 Å². The number of likely N-dealkylation sites (N-methyl/N-ethyl adjacent to an activating group) is 1. The Morgan fingerprint density at radius 2 is 1.96 bits per heavy atom. The van der Waals surface area contributed by atoms with Gasteiger partial charge in [-0.05, 0) is 56.3 Å². The third-order valence-corrected chi connectivity index (χ3v) is 4.18. The lowest BCUT2D eigenvalue weighted by Crippen LogP contribution is -3.12. The molecule has 2 rings (SSSR count). The van der Waals surface area contributed by atoms with Crippen molar-refractivity contribution in [2.75, 3.05) is 19.0 Å². The van der Waals surface area contributed by atoms with Crippen molar-refractivity contribution in [1.82, 2.24) is 0 Å². The molecule has 24 heavy (non-hydrogen) atoms. The molecule has 128 valence electrons. The van der Waals surface area contributed by atoms with E-state index in [0.29, 0.717) is 17.3 Å². The maximum atomic E-state index is 12.4. The highest BCUT2D eigenvalue weighted by atomic mass is 35.5. The smallest absolute Gasteiger partial charge is 0.282 e. The highest BCUT2D eigenvalue weighted by Crippen LogP contribution is 2.15. The van der Waals surface area contributed by atoms with Crippen molar-refractivity contribution in [2.24, 2.45) is 0 Å². The number of hydrogen-bond acceptors (Lipinski definition) is 2. The monoisotopic (exact) mass is 347 g/mol. The van der Waals surface area contributed by atoms with Gasteiger partial charge in [-0.15, -0.1) is 0 Å². The van der Waals surface area contributed by atoms with Crippen molar-refractivity contribution in [1.29, 1.82) is 0 Å². The molecule has 2 N–H and O–H groups in total. The van der Waals surface area contributed by atoms with Crippen LogP contribution in [0.5, 0.6) is 5.75 Å². The summed E-state index contributed by atoms with van der Waals surface area (Å²) in [4.78, 5) is 13.5. The van der Waals surface area contributed by atoms with Gasteiger partial charge in [0.1, 0.15) is 12.3 Å². The zero-order chi connectivity index (χ0) is 17.5. The minimum absolute atomic E-state index is 0.0271. The number of quaternary nitrogens is 1. The molecule has 0 radical (unpaired) electrons. The fourth-order valence-corrected chi connectivity index (χ4v) is 2.58. The van der Waals surface area contributed by atoms with Crippen molar-refractivity contribution in [3.8, 4) is 5.75 Å². The van der Waals surface area contributed by atoms with Crippen LogP contribution in [0, 0.1) is 0 Å². The van der Waals surface area contributed by atoms with E-state index in [-0.39, 0.29) is 11.9 Å². The number of carbonyl (C=O) groups is 1. The van der Waals surface area contributed by atoms with Gasteiger partial charge in [0.2, 0.25) is 0 Å². The number of carbonyl (C=O) groups excluding carboxylic acids is 1. The van der Waals surface area contributed by atoms with E-state index in [1.54, 1.807) is 12.1 Å². The van der Waals surface area contributed by atoms with Crippen LogP contribution in [0.2, 0.25) is 5.02 Å². The number of ether oxygens (including phenoxy) is 1. The average Bonchev–Trinajstić information content (AvgIpc) is 2.56. The molecule has 0 aliphatic carbocycles. The summed E-state index contributed by atoms with van der Waals surface area (Å²) >= 11 is 5.95. The van der Waals surface area contributed by atoms with Crippen LogP contribution in [0.3, 0.4) is 0 Å². The summed E-state index contributed by atoms with van der Waals surface area (Å²) in [6, 6.07) is 15.0. The Morgan fingerprint density at radius 1 is 1.25 bits per heavy atom. The second kappa shape index (κ2) is 8.71. The van der Waals surface area contributed by atoms with Gasteiger partial charge in [-0.25, -0.2) is 0 Å². The SMILES string of the molecule is CCOc1ccc(C[NH+](C)[C@@H](C)C(=O)Nc2cccc(Cl)c2)cc1. The summed E-state index contributed by atoms with van der Waals surface area (Å²) < 4.78 is 5.45. The van der Waals surface area contributed by atoms with E-state index in [1.165, 1.54) is 5.56 Å². The van der Waals surface area contributed by atoms with Gasteiger partial charge in [0.05, 0.1) is 13.7 Å². The first kappa shape index (κ1) is 18.3. The number of rotatable bonds is 7. The van der Waals surface area contributed by atoms with Crippen LogP contribution in [-0.4, -0.2) is 25.6 Å². The van der Waals surface area contributed by atoms with E-state index in [0.717, 1.165) is 17.2 Å². The van der Waals surface area contributed by atoms with Crippen LogP contribution in [0.15, 0.2) is 48.5 Å². The lowest BCUT2D eigenvalue weighted by Gasteiger charge is -2.21. The van der Waals surface area contributed by atoms with Crippen LogP contribution in [0.25, 0.3) is 0 Å². The first-order valence-electron chi connectivity index (χ1n) is 8.10. The number of nitrogens with one attached hydrogen (secondary N) is 2. The number of amides is 1. The molecule has 2 aromatic rings. The average molecular weight is 348 g/mol. The molecule has 1 unspecified atom stereocenters. The molecule has 0 saturated heterocycles. The molecule has 0 spiro atoms. The predicted octanol–water partition coefficient (Wildman–Crippen LogP) is 2.78. The van der Waals surface area contributed by atoms with Crippen LogP contribution >= 0.6 is 11.6 Å². The van der Waals surface area contributed by atoms with E-state index in [4.69, 9.17) is 16.3 Å². The standard InChI is InChI=1S/C19H23ClN2O2/c1-4-24-18-10-8-15(9-11-18)13-22(3)14(2)19(23)21-17-7-5-6-16(20)12-17/h5-12,14H,4,13H2,1-3H3,(H,21,23)/p+1/t14-/m0/s1. The number of hydrogen-bond donors (Lipinski definition) is 2. The van der Waals surface area contributed by atoms with Gasteiger partial charge in [-0.2, -0.15) is 0 Å². The molecule has 0 aliphatic rings. The maximum Gasteiger partial charge on any atom is 0.282 e. The second-order valence-corrected chi connectivity index (χ2v) is 6.26. The molecule has 0 fully saturated rings. The van der Waals surface area contributed by atoms with Gasteiger partial charge in [0.15, 0.2) is 6.04 Å². The van der Waals surface area contributed by atoms with E-state index in [9.17, 15) is 4.79 Å². The van der Waals surface area contributed by atoms with Crippen LogP contribution in [0.4, 0.5) is 5.69 Å². The summed E-state index contributed by atoms with van der Waals surface area (Å²) in [5.41, 5.74) is 1.88. The molecule has 1 amide bonds. The Bertz CT molecular complexity index is 673. The summed E-state index contributed by atoms with van der Waals surface area (Å²) in [5.74, 6) is 0.839. The molecule has 5 heteroatoms. The van der Waals surface area contributed by atoms with E-state index in [1.807, 2.05) is 57.3 Å². The predicted molar refractivity (Wildman–Crippen MR) is 97.7 cm³/mol. The normalized spacial score (nSPS) is 13.2. The Hall–Kier alpha value is -2.04. The minimum atomic E-state index is -0.185. The Kier molecular flexibility index (Phi) is 6.64. The Balaban J connectivity index is 1.93. The van der Waals surface area contributed by atoms with E-state index < -0.39 is 0 Å². The van der Waals surface area contributed by atoms with E-state index in [2.05, 4.69) is 5.32 Å². The topological polar surface area (TPSA) is 42.8 Å². The quantitative estimate of drug-likeness (QED) is 0.808. The van der Waals surface area contributed by atoms with Gasteiger partial charge in [0, 0.05) is 16.3 Å². The van der Waals surface area contributed by atoms with E-state index >= 15 is 0 Å². The molecule has 0 saturated carbocycles. The highest BCUT2D eigenvalue weighted by Gasteiger charge is 2.22. The lowest BCUT2D eigenvalue weighted by atomic mass is 10.1. The van der Waals surface area contributed by atoms with Crippen molar-refractivity contribution < 1.29 is 14.4 Å². The molecule has 2 atom stereocenters. The first-order valence-corrected chi connectivity index (χ1v) is 8.48. The highest BCUT2D eigenvalue weighted by molar-refractivity contribution is 6.30. The fourth-order valence-electron chi connectivity index (χ4n) is 2.39. The van der Waals surface area contributed by atoms with Crippen LogP contribution in [0.1, 0.15) is 19.4 Å². The van der Waals surface area contributed by atoms with Crippen LogP contribution in [-0.2, 0) is 11.3 Å². The van der Waals surface area contributed by atoms with Crippen molar-refractivity contribution in [2.45, 2.75) is 26.4 Å². The molecule has 0 heterocycles. The first-order chi connectivity index (χ1) is 11.5. The van der Waals surface area contributed by atoms with Crippen molar-refractivity contribution in [3.05, 3.63) is 59.1 Å². The number of halogens is 1. The van der Waals surface area contributed by atoms with Gasteiger partial charge in [-0.3, -0.25) is 4.79 Å². The van der Waals surface area contributed by atoms with Gasteiger partial charge in [0.25, 0.3) is 5.91 Å². The molecular formula is C19H24ClN2O2+. The van der Waals surface area contributed by atoms with Crippen LogP contribution < -0.4 is 15.0 Å². The molecule has 2 aromatic carbocycles.